The summed E-state index contributed by atoms with van der Waals surface area (Å²) in [6.45, 7) is 7.98. The zero-order chi connectivity index (χ0) is 19.6. The summed E-state index contributed by atoms with van der Waals surface area (Å²) in [5.41, 5.74) is 2.09. The lowest BCUT2D eigenvalue weighted by Crippen LogP contribution is -2.52. The van der Waals surface area contributed by atoms with Gasteiger partial charge in [-0.25, -0.2) is 9.97 Å². The van der Waals surface area contributed by atoms with Crippen LogP contribution >= 0.6 is 11.3 Å². The second kappa shape index (κ2) is 8.36. The third-order valence-electron chi connectivity index (χ3n) is 5.86. The van der Waals surface area contributed by atoms with Crippen molar-refractivity contribution in [2.24, 2.45) is 0 Å². The van der Waals surface area contributed by atoms with Crippen molar-refractivity contribution in [3.05, 3.63) is 41.1 Å². The Hall–Kier alpha value is -2.06. The first-order valence-electron chi connectivity index (χ1n) is 10.3. The van der Waals surface area contributed by atoms with Crippen LogP contribution < -0.4 is 4.90 Å². The summed E-state index contributed by atoms with van der Waals surface area (Å²) < 4.78 is 6.14. The molecule has 3 aromatic rings. The Balaban J connectivity index is 1.40. The summed E-state index contributed by atoms with van der Waals surface area (Å²) in [5.74, 6) is 1.84. The number of morpholine rings is 1. The lowest BCUT2D eigenvalue weighted by Gasteiger charge is -2.39. The van der Waals surface area contributed by atoms with Crippen LogP contribution in [0.5, 0.6) is 0 Å². The van der Waals surface area contributed by atoms with Gasteiger partial charge in [-0.2, -0.15) is 11.3 Å². The van der Waals surface area contributed by atoms with E-state index >= 15 is 0 Å². The van der Waals surface area contributed by atoms with Crippen molar-refractivity contribution in [2.45, 2.75) is 6.10 Å². The van der Waals surface area contributed by atoms with Gasteiger partial charge < -0.3 is 14.5 Å². The fourth-order valence-corrected chi connectivity index (χ4v) is 4.80. The van der Waals surface area contributed by atoms with Crippen LogP contribution in [0.3, 0.4) is 0 Å². The quantitative estimate of drug-likeness (QED) is 0.660. The largest absolute Gasteiger partial charge is 0.373 e. The molecule has 0 bridgehead atoms. The maximum Gasteiger partial charge on any atom is 0.162 e. The molecule has 0 amide bonds. The van der Waals surface area contributed by atoms with Crippen LogP contribution in [0.4, 0.5) is 5.82 Å². The van der Waals surface area contributed by atoms with E-state index in [1.807, 2.05) is 6.07 Å². The van der Waals surface area contributed by atoms with Crippen molar-refractivity contribution < 1.29 is 4.74 Å². The highest BCUT2D eigenvalue weighted by atomic mass is 32.1. The van der Waals surface area contributed by atoms with E-state index in [4.69, 9.17) is 14.7 Å². The molecule has 0 saturated carbocycles. The molecule has 0 radical (unpaired) electrons. The van der Waals surface area contributed by atoms with Crippen LogP contribution in [0.15, 0.2) is 41.1 Å². The topological polar surface area (TPSA) is 44.7 Å². The van der Waals surface area contributed by atoms with E-state index in [1.165, 1.54) is 0 Å². The van der Waals surface area contributed by atoms with Crippen molar-refractivity contribution in [3.8, 4) is 11.4 Å². The van der Waals surface area contributed by atoms with Gasteiger partial charge in [-0.3, -0.25) is 4.90 Å². The van der Waals surface area contributed by atoms with Crippen LogP contribution in [-0.4, -0.2) is 85.3 Å². The van der Waals surface area contributed by atoms with Gasteiger partial charge in [0, 0.05) is 62.1 Å². The smallest absolute Gasteiger partial charge is 0.162 e. The molecule has 2 aliphatic heterocycles. The average Bonchev–Trinajstić information content (AvgIpc) is 3.30. The van der Waals surface area contributed by atoms with E-state index in [-0.39, 0.29) is 6.10 Å². The predicted octanol–water partition coefficient (Wildman–Crippen LogP) is 2.81. The number of fused-ring (bicyclic) bond motifs is 1. The summed E-state index contributed by atoms with van der Waals surface area (Å²) in [7, 11) is 2.20. The molecule has 4 heterocycles. The van der Waals surface area contributed by atoms with Gasteiger partial charge in [0.1, 0.15) is 5.82 Å². The van der Waals surface area contributed by atoms with Crippen LogP contribution in [-0.2, 0) is 4.74 Å². The maximum absolute atomic E-state index is 6.14. The van der Waals surface area contributed by atoms with Gasteiger partial charge in [0.2, 0.25) is 0 Å². The second-order valence-electron chi connectivity index (χ2n) is 7.94. The number of likely N-dealkylation sites (N-methyl/N-ethyl adjacent to an activating group) is 1. The highest BCUT2D eigenvalue weighted by molar-refractivity contribution is 7.08. The number of nitrogens with zero attached hydrogens (tertiary/aromatic N) is 5. The van der Waals surface area contributed by atoms with Crippen molar-refractivity contribution in [1.29, 1.82) is 0 Å². The van der Waals surface area contributed by atoms with E-state index in [0.717, 1.165) is 80.5 Å². The molecule has 2 aliphatic rings. The number of benzene rings is 1. The minimum absolute atomic E-state index is 0.213. The monoisotopic (exact) mass is 409 g/mol. The highest BCUT2D eigenvalue weighted by Crippen LogP contribution is 2.29. The number of anilines is 1. The molecule has 0 spiro atoms. The molecular weight excluding hydrogens is 382 g/mol. The van der Waals surface area contributed by atoms with Gasteiger partial charge in [0.15, 0.2) is 5.82 Å². The average molecular weight is 410 g/mol. The second-order valence-corrected chi connectivity index (χ2v) is 8.72. The Morgan fingerprint density at radius 1 is 1.07 bits per heavy atom. The minimum atomic E-state index is 0.213. The fourth-order valence-electron chi connectivity index (χ4n) is 4.16. The number of thiophene rings is 1. The van der Waals surface area contributed by atoms with Crippen LogP contribution in [0.2, 0.25) is 0 Å². The maximum atomic E-state index is 6.14. The Morgan fingerprint density at radius 2 is 1.93 bits per heavy atom. The summed E-state index contributed by atoms with van der Waals surface area (Å²) in [5, 5.41) is 5.31. The Kier molecular flexibility index (Phi) is 5.46. The number of hydrogen-bond acceptors (Lipinski definition) is 7. The molecule has 29 heavy (non-hydrogen) atoms. The molecule has 7 heteroatoms. The number of hydrogen-bond donors (Lipinski definition) is 0. The van der Waals surface area contributed by atoms with Gasteiger partial charge in [-0.05, 0) is 30.6 Å². The van der Waals surface area contributed by atoms with Gasteiger partial charge >= 0.3 is 0 Å². The molecule has 1 aromatic carbocycles. The lowest BCUT2D eigenvalue weighted by atomic mass is 10.1. The Morgan fingerprint density at radius 3 is 2.76 bits per heavy atom. The Bertz CT molecular complexity index is 955. The first-order valence-corrected chi connectivity index (χ1v) is 11.3. The summed E-state index contributed by atoms with van der Waals surface area (Å²) in [6.07, 6.45) is 0.213. The van der Waals surface area contributed by atoms with Crippen molar-refractivity contribution >= 4 is 28.1 Å². The van der Waals surface area contributed by atoms with E-state index in [2.05, 4.69) is 56.8 Å². The first kappa shape index (κ1) is 18.9. The lowest BCUT2D eigenvalue weighted by molar-refractivity contribution is 0.00669. The third-order valence-corrected chi connectivity index (χ3v) is 6.54. The number of para-hydroxylation sites is 1. The normalized spacial score (nSPS) is 21.7. The Labute approximate surface area is 175 Å². The predicted molar refractivity (Wildman–Crippen MR) is 119 cm³/mol. The van der Waals surface area contributed by atoms with Crippen LogP contribution in [0.1, 0.15) is 0 Å². The van der Waals surface area contributed by atoms with E-state index in [0.29, 0.717) is 0 Å². The molecule has 0 unspecified atom stereocenters. The van der Waals surface area contributed by atoms with E-state index < -0.39 is 0 Å². The molecule has 0 aliphatic carbocycles. The van der Waals surface area contributed by atoms with E-state index in [1.54, 1.807) is 11.3 Å². The van der Waals surface area contributed by atoms with Crippen LogP contribution in [0.25, 0.3) is 22.3 Å². The highest BCUT2D eigenvalue weighted by Gasteiger charge is 2.26. The molecule has 152 valence electrons. The molecule has 2 fully saturated rings. The molecule has 1 atom stereocenters. The molecule has 6 nitrogen and oxygen atoms in total. The van der Waals surface area contributed by atoms with Crippen molar-refractivity contribution in [1.82, 2.24) is 19.8 Å². The molecule has 2 saturated heterocycles. The zero-order valence-electron chi connectivity index (χ0n) is 16.8. The fraction of sp³-hybridized carbons (Fsp3) is 0.455. The van der Waals surface area contributed by atoms with Gasteiger partial charge in [0.25, 0.3) is 0 Å². The molecular formula is C22H27N5OS. The molecule has 0 N–H and O–H groups in total. The number of ether oxygens (including phenoxy) is 1. The first-order chi connectivity index (χ1) is 14.3. The molecule has 2 aromatic heterocycles. The zero-order valence-corrected chi connectivity index (χ0v) is 17.6. The number of rotatable bonds is 4. The van der Waals surface area contributed by atoms with Crippen LogP contribution in [0, 0.1) is 0 Å². The SMILES string of the molecule is CN1CCN(C[C@H]2CN(c3nc(-c4ccsc4)nc4ccccc34)CCO2)CC1. The van der Waals surface area contributed by atoms with Gasteiger partial charge in [-0.15, -0.1) is 0 Å². The van der Waals surface area contributed by atoms with Crippen molar-refractivity contribution in [3.63, 3.8) is 0 Å². The summed E-state index contributed by atoms with van der Waals surface area (Å²) in [4.78, 5) is 17.1. The molecule has 5 rings (SSSR count). The standard InChI is InChI=1S/C22H27N5OS/c1-25-7-9-26(10-8-25)14-18-15-27(11-12-28-18)22-19-4-2-3-5-20(19)23-21(24-22)17-6-13-29-16-17/h2-6,13,16,18H,7-12,14-15H2,1H3/t18-/m0/s1. The van der Waals surface area contributed by atoms with Gasteiger partial charge in [-0.1, -0.05) is 12.1 Å². The number of aromatic nitrogens is 2. The van der Waals surface area contributed by atoms with Gasteiger partial charge in [0.05, 0.1) is 18.2 Å². The summed E-state index contributed by atoms with van der Waals surface area (Å²) in [6, 6.07) is 10.4. The minimum Gasteiger partial charge on any atom is -0.373 e. The van der Waals surface area contributed by atoms with Crippen molar-refractivity contribution in [2.75, 3.05) is 64.4 Å². The third kappa shape index (κ3) is 4.14. The summed E-state index contributed by atoms with van der Waals surface area (Å²) >= 11 is 1.68. The number of piperazine rings is 1. The van der Waals surface area contributed by atoms with E-state index in [9.17, 15) is 0 Å².